The van der Waals surface area contributed by atoms with Crippen LogP contribution in [0.5, 0.6) is 0 Å². The lowest BCUT2D eigenvalue weighted by Gasteiger charge is -2.12. The highest BCUT2D eigenvalue weighted by Gasteiger charge is 2.34. The minimum Gasteiger partial charge on any atom is -0.463 e. The van der Waals surface area contributed by atoms with E-state index in [4.69, 9.17) is 0 Å². The Morgan fingerprint density at radius 1 is 1.40 bits per heavy atom. The van der Waals surface area contributed by atoms with Crippen LogP contribution in [0.25, 0.3) is 5.69 Å². The first-order chi connectivity index (χ1) is 9.32. The van der Waals surface area contributed by atoms with Crippen molar-refractivity contribution in [1.82, 2.24) is 14.8 Å². The first-order valence-electron chi connectivity index (χ1n) is 5.20. The van der Waals surface area contributed by atoms with Crippen molar-refractivity contribution in [2.24, 2.45) is 0 Å². The van der Waals surface area contributed by atoms with Crippen LogP contribution in [0.15, 0.2) is 29.0 Å². The summed E-state index contributed by atoms with van der Waals surface area (Å²) in [5, 5.41) is 3.68. The quantitative estimate of drug-likeness (QED) is 0.782. The summed E-state index contributed by atoms with van der Waals surface area (Å²) < 4.78 is 44.5. The van der Waals surface area contributed by atoms with E-state index in [1.807, 2.05) is 0 Å². The number of hydrogen-bond acceptors (Lipinski definition) is 4. The summed E-state index contributed by atoms with van der Waals surface area (Å²) in [6, 6.07) is 3.42. The molecule has 20 heavy (non-hydrogen) atoms. The van der Waals surface area contributed by atoms with Gasteiger partial charge in [0.05, 0.1) is 18.4 Å². The van der Waals surface area contributed by atoms with Crippen molar-refractivity contribution in [3.63, 3.8) is 0 Å². The highest BCUT2D eigenvalue weighted by atomic mass is 79.9. The van der Waals surface area contributed by atoms with Gasteiger partial charge in [-0.3, -0.25) is 0 Å². The third-order valence-corrected chi connectivity index (χ3v) is 2.87. The van der Waals surface area contributed by atoms with E-state index >= 15 is 0 Å². The van der Waals surface area contributed by atoms with Crippen LogP contribution in [0.2, 0.25) is 0 Å². The van der Waals surface area contributed by atoms with E-state index in [2.05, 4.69) is 30.7 Å². The van der Waals surface area contributed by atoms with E-state index in [9.17, 15) is 18.0 Å². The molecular weight excluding hydrogens is 343 g/mol. The molecule has 0 aliphatic carbocycles. The van der Waals surface area contributed by atoms with Crippen molar-refractivity contribution < 1.29 is 22.7 Å². The van der Waals surface area contributed by atoms with E-state index in [1.165, 1.54) is 12.1 Å². The number of rotatable bonds is 2. The molecule has 1 aromatic carbocycles. The average molecular weight is 350 g/mol. The van der Waals surface area contributed by atoms with Gasteiger partial charge in [-0.15, -0.1) is 5.10 Å². The molecule has 1 heterocycles. The summed E-state index contributed by atoms with van der Waals surface area (Å²) in [4.78, 5) is 14.8. The summed E-state index contributed by atoms with van der Waals surface area (Å²) in [5.74, 6) is -1.15. The maximum Gasteiger partial charge on any atom is 0.418 e. The van der Waals surface area contributed by atoms with Gasteiger partial charge in [0.2, 0.25) is 0 Å². The Hall–Kier alpha value is -1.90. The van der Waals surface area contributed by atoms with Gasteiger partial charge >= 0.3 is 12.1 Å². The summed E-state index contributed by atoms with van der Waals surface area (Å²) in [7, 11) is 1.13. The number of methoxy groups -OCH3 is 1. The van der Waals surface area contributed by atoms with Gasteiger partial charge in [-0.25, -0.2) is 14.5 Å². The largest absolute Gasteiger partial charge is 0.463 e. The average Bonchev–Trinajstić information content (AvgIpc) is 2.85. The molecule has 2 rings (SSSR count). The van der Waals surface area contributed by atoms with E-state index < -0.39 is 17.7 Å². The molecule has 0 N–H and O–H groups in total. The Morgan fingerprint density at radius 3 is 2.70 bits per heavy atom. The van der Waals surface area contributed by atoms with Gasteiger partial charge in [0.1, 0.15) is 6.33 Å². The van der Waals surface area contributed by atoms with E-state index in [0.29, 0.717) is 4.47 Å². The van der Waals surface area contributed by atoms with Crippen molar-refractivity contribution in [3.05, 3.63) is 40.4 Å². The summed E-state index contributed by atoms with van der Waals surface area (Å²) in [6.45, 7) is 0. The molecule has 0 amide bonds. The molecule has 0 bridgehead atoms. The number of halogens is 4. The molecule has 0 aliphatic heterocycles. The van der Waals surface area contributed by atoms with Crippen LogP contribution < -0.4 is 0 Å². The maximum absolute atomic E-state index is 12.9. The molecule has 0 saturated heterocycles. The zero-order valence-corrected chi connectivity index (χ0v) is 11.6. The molecular formula is C11H7BrF3N3O2. The molecule has 106 valence electrons. The minimum atomic E-state index is -4.55. The number of benzene rings is 1. The summed E-state index contributed by atoms with van der Waals surface area (Å²) in [5.41, 5.74) is -1.13. The zero-order chi connectivity index (χ0) is 14.9. The number of aromatic nitrogens is 3. The van der Waals surface area contributed by atoms with Crippen LogP contribution in [0.1, 0.15) is 16.2 Å². The van der Waals surface area contributed by atoms with Gasteiger partial charge < -0.3 is 4.74 Å². The first kappa shape index (κ1) is 14.5. The van der Waals surface area contributed by atoms with Gasteiger partial charge in [0.15, 0.2) is 0 Å². The molecule has 0 atom stereocenters. The first-order valence-corrected chi connectivity index (χ1v) is 5.99. The zero-order valence-electron chi connectivity index (χ0n) is 9.98. The fourth-order valence-electron chi connectivity index (χ4n) is 1.50. The molecule has 9 heteroatoms. The molecule has 0 aliphatic rings. The standard InChI is InChI=1S/C11H7BrF3N3O2/c1-20-10(19)9-16-5-18(17-9)8-4-6(12)2-3-7(8)11(13,14)15/h2-5H,1H3. The second-order valence-electron chi connectivity index (χ2n) is 3.66. The van der Waals surface area contributed by atoms with Crippen LogP contribution in [0, 0.1) is 0 Å². The summed E-state index contributed by atoms with van der Waals surface area (Å²) >= 11 is 3.09. The number of alkyl halides is 3. The SMILES string of the molecule is COC(=O)c1ncn(-c2cc(Br)ccc2C(F)(F)F)n1. The molecule has 2 aromatic rings. The second-order valence-corrected chi connectivity index (χ2v) is 4.58. The molecule has 0 unspecified atom stereocenters. The number of carbonyl (C=O) groups is 1. The number of esters is 1. The lowest BCUT2D eigenvalue weighted by Crippen LogP contribution is -2.12. The number of hydrogen-bond donors (Lipinski definition) is 0. The topological polar surface area (TPSA) is 57.0 Å². The highest BCUT2D eigenvalue weighted by molar-refractivity contribution is 9.10. The van der Waals surface area contributed by atoms with Gasteiger partial charge in [-0.05, 0) is 18.2 Å². The van der Waals surface area contributed by atoms with Crippen LogP contribution in [-0.4, -0.2) is 27.8 Å². The van der Waals surface area contributed by atoms with Gasteiger partial charge in [-0.1, -0.05) is 15.9 Å². The second kappa shape index (κ2) is 5.23. The van der Waals surface area contributed by atoms with E-state index in [0.717, 1.165) is 24.2 Å². The van der Waals surface area contributed by atoms with Crippen molar-refractivity contribution in [1.29, 1.82) is 0 Å². The molecule has 0 spiro atoms. The van der Waals surface area contributed by atoms with Crippen LogP contribution >= 0.6 is 15.9 Å². The Morgan fingerprint density at radius 2 is 2.10 bits per heavy atom. The van der Waals surface area contributed by atoms with Gasteiger partial charge in [-0.2, -0.15) is 13.2 Å². The molecule has 5 nitrogen and oxygen atoms in total. The third kappa shape index (κ3) is 2.82. The van der Waals surface area contributed by atoms with Gasteiger partial charge in [0.25, 0.3) is 5.82 Å². The van der Waals surface area contributed by atoms with E-state index in [-0.39, 0.29) is 11.5 Å². The minimum absolute atomic E-state index is 0.241. The van der Waals surface area contributed by atoms with Crippen molar-refractivity contribution in [3.8, 4) is 5.69 Å². The monoisotopic (exact) mass is 349 g/mol. The normalized spacial score (nSPS) is 11.4. The predicted octanol–water partition coefficient (Wildman–Crippen LogP) is 2.84. The highest BCUT2D eigenvalue weighted by Crippen LogP contribution is 2.34. The predicted molar refractivity (Wildman–Crippen MR) is 65.4 cm³/mol. The lowest BCUT2D eigenvalue weighted by molar-refractivity contribution is -0.137. The molecule has 0 fully saturated rings. The van der Waals surface area contributed by atoms with Crippen LogP contribution in [0.4, 0.5) is 13.2 Å². The molecule has 0 saturated carbocycles. The third-order valence-electron chi connectivity index (χ3n) is 2.37. The van der Waals surface area contributed by atoms with E-state index in [1.54, 1.807) is 0 Å². The molecule has 1 aromatic heterocycles. The van der Waals surface area contributed by atoms with Crippen LogP contribution in [-0.2, 0) is 10.9 Å². The Balaban J connectivity index is 2.54. The number of ether oxygens (including phenoxy) is 1. The number of carbonyl (C=O) groups excluding carboxylic acids is 1. The van der Waals surface area contributed by atoms with Crippen molar-refractivity contribution >= 4 is 21.9 Å². The van der Waals surface area contributed by atoms with Gasteiger partial charge in [0, 0.05) is 4.47 Å². The fraction of sp³-hybridized carbons (Fsp3) is 0.182. The lowest BCUT2D eigenvalue weighted by atomic mass is 10.2. The Bertz CT molecular complexity index is 655. The van der Waals surface area contributed by atoms with Crippen molar-refractivity contribution in [2.45, 2.75) is 6.18 Å². The number of nitrogens with zero attached hydrogens (tertiary/aromatic N) is 3. The summed E-state index contributed by atoms with van der Waals surface area (Å²) in [6.07, 6.45) is -3.53. The fourth-order valence-corrected chi connectivity index (χ4v) is 1.85. The Labute approximate surface area is 119 Å². The smallest absolute Gasteiger partial charge is 0.418 e. The van der Waals surface area contributed by atoms with Crippen molar-refractivity contribution in [2.75, 3.05) is 7.11 Å². The molecule has 0 radical (unpaired) electrons. The Kier molecular flexibility index (Phi) is 3.80. The van der Waals surface area contributed by atoms with Crippen LogP contribution in [0.3, 0.4) is 0 Å². The maximum atomic E-state index is 12.9.